The van der Waals surface area contributed by atoms with Crippen molar-refractivity contribution >= 4 is 0 Å². The number of rotatable bonds is 3. The first kappa shape index (κ1) is 13.3. The van der Waals surface area contributed by atoms with E-state index >= 15 is 0 Å². The van der Waals surface area contributed by atoms with Crippen LogP contribution in [-0.4, -0.2) is 30.7 Å². The van der Waals surface area contributed by atoms with E-state index in [1.807, 2.05) is 0 Å². The van der Waals surface area contributed by atoms with Crippen LogP contribution < -0.4 is 0 Å². The minimum Gasteiger partial charge on any atom is -0.303 e. The van der Waals surface area contributed by atoms with E-state index in [0.717, 1.165) is 43.7 Å². The van der Waals surface area contributed by atoms with Crippen LogP contribution >= 0.6 is 0 Å². The summed E-state index contributed by atoms with van der Waals surface area (Å²) in [6.45, 7) is 7.93. The predicted molar refractivity (Wildman–Crippen MR) is 70.9 cm³/mol. The first-order valence-electron chi connectivity index (χ1n) is 7.51. The minimum absolute atomic E-state index is 0.525. The number of halogens is 1. The minimum atomic E-state index is -0.525. The van der Waals surface area contributed by atoms with Crippen LogP contribution in [0.3, 0.4) is 0 Å². The first-order chi connectivity index (χ1) is 8.15. The molecule has 2 aliphatic rings. The number of piperidine rings is 1. The molecule has 1 heterocycles. The van der Waals surface area contributed by atoms with Gasteiger partial charge in [0.05, 0.1) is 0 Å². The molecule has 1 saturated heterocycles. The summed E-state index contributed by atoms with van der Waals surface area (Å²) in [5.41, 5.74) is 0. The van der Waals surface area contributed by atoms with Crippen molar-refractivity contribution in [1.29, 1.82) is 0 Å². The van der Waals surface area contributed by atoms with E-state index in [1.165, 1.54) is 32.2 Å². The van der Waals surface area contributed by atoms with Gasteiger partial charge in [-0.1, -0.05) is 13.8 Å². The summed E-state index contributed by atoms with van der Waals surface area (Å²) in [5.74, 6) is 2.71. The van der Waals surface area contributed by atoms with Crippen molar-refractivity contribution in [3.05, 3.63) is 0 Å². The van der Waals surface area contributed by atoms with Crippen molar-refractivity contribution in [3.63, 3.8) is 0 Å². The molecule has 0 radical (unpaired) electrons. The van der Waals surface area contributed by atoms with Gasteiger partial charge in [-0.25, -0.2) is 4.39 Å². The largest absolute Gasteiger partial charge is 0.303 e. The maximum atomic E-state index is 13.0. The molecule has 2 rings (SSSR count). The molecule has 0 aromatic heterocycles. The summed E-state index contributed by atoms with van der Waals surface area (Å²) in [6, 6.07) is 0. The highest BCUT2D eigenvalue weighted by molar-refractivity contribution is 4.79. The van der Waals surface area contributed by atoms with Gasteiger partial charge in [-0.05, 0) is 56.3 Å². The number of nitrogens with zero attached hydrogens (tertiary/aromatic N) is 1. The van der Waals surface area contributed by atoms with E-state index in [9.17, 15) is 4.39 Å². The Morgan fingerprint density at radius 3 is 2.12 bits per heavy atom. The molecule has 0 spiro atoms. The van der Waals surface area contributed by atoms with Gasteiger partial charge in [0, 0.05) is 19.6 Å². The fourth-order valence-corrected chi connectivity index (χ4v) is 3.49. The number of hydrogen-bond donors (Lipinski definition) is 0. The van der Waals surface area contributed by atoms with Crippen molar-refractivity contribution in [2.45, 2.75) is 58.5 Å². The van der Waals surface area contributed by atoms with Crippen LogP contribution in [-0.2, 0) is 0 Å². The third kappa shape index (κ3) is 3.94. The second-order valence-electron chi connectivity index (χ2n) is 6.50. The Kier molecular flexibility index (Phi) is 4.84. The van der Waals surface area contributed by atoms with Gasteiger partial charge in [0.15, 0.2) is 0 Å². The molecule has 0 amide bonds. The molecule has 0 unspecified atom stereocenters. The SMILES string of the molecule is CC(C)C1CCC(CN2CCC(F)CC2)CC1. The highest BCUT2D eigenvalue weighted by Crippen LogP contribution is 2.33. The molecule has 2 heteroatoms. The number of alkyl halides is 1. The predicted octanol–water partition coefficient (Wildman–Crippen LogP) is 3.88. The van der Waals surface area contributed by atoms with Crippen LogP contribution in [0.4, 0.5) is 4.39 Å². The normalized spacial score (nSPS) is 33.2. The Morgan fingerprint density at radius 2 is 1.59 bits per heavy atom. The molecule has 1 nitrogen and oxygen atoms in total. The van der Waals surface area contributed by atoms with E-state index in [1.54, 1.807) is 0 Å². The van der Waals surface area contributed by atoms with Crippen molar-refractivity contribution in [2.75, 3.05) is 19.6 Å². The van der Waals surface area contributed by atoms with Gasteiger partial charge < -0.3 is 4.90 Å². The lowest BCUT2D eigenvalue weighted by molar-refractivity contribution is 0.113. The molecule has 0 bridgehead atoms. The molecule has 2 fully saturated rings. The fraction of sp³-hybridized carbons (Fsp3) is 1.00. The zero-order valence-corrected chi connectivity index (χ0v) is 11.5. The van der Waals surface area contributed by atoms with E-state index in [4.69, 9.17) is 0 Å². The molecule has 0 aromatic carbocycles. The van der Waals surface area contributed by atoms with Gasteiger partial charge in [-0.3, -0.25) is 0 Å². The van der Waals surface area contributed by atoms with Gasteiger partial charge >= 0.3 is 0 Å². The van der Waals surface area contributed by atoms with Crippen molar-refractivity contribution in [2.24, 2.45) is 17.8 Å². The molecule has 1 aliphatic carbocycles. The molecule has 0 N–H and O–H groups in total. The lowest BCUT2D eigenvalue weighted by atomic mass is 9.77. The molecule has 1 saturated carbocycles. The van der Waals surface area contributed by atoms with Crippen LogP contribution in [0.25, 0.3) is 0 Å². The number of likely N-dealkylation sites (tertiary alicyclic amines) is 1. The lowest BCUT2D eigenvalue weighted by Crippen LogP contribution is -2.38. The molecule has 0 aromatic rings. The molecule has 0 atom stereocenters. The Bertz CT molecular complexity index is 213. The highest BCUT2D eigenvalue weighted by Gasteiger charge is 2.26. The van der Waals surface area contributed by atoms with E-state index in [2.05, 4.69) is 18.7 Å². The summed E-state index contributed by atoms with van der Waals surface area (Å²) in [5, 5.41) is 0. The standard InChI is InChI=1S/C15H28FN/c1-12(2)14-5-3-13(4-6-14)11-17-9-7-15(16)8-10-17/h12-15H,3-11H2,1-2H3. The van der Waals surface area contributed by atoms with Crippen LogP contribution in [0.5, 0.6) is 0 Å². The summed E-state index contributed by atoms with van der Waals surface area (Å²) in [6.07, 6.45) is 6.64. The maximum absolute atomic E-state index is 13.0. The first-order valence-corrected chi connectivity index (χ1v) is 7.51. The second kappa shape index (κ2) is 6.17. The summed E-state index contributed by atoms with van der Waals surface area (Å²) in [7, 11) is 0. The monoisotopic (exact) mass is 241 g/mol. The molecular weight excluding hydrogens is 213 g/mol. The molecular formula is C15H28FN. The van der Waals surface area contributed by atoms with E-state index < -0.39 is 6.17 Å². The smallest absolute Gasteiger partial charge is 0.103 e. The Hall–Kier alpha value is -0.110. The lowest BCUT2D eigenvalue weighted by Gasteiger charge is -2.36. The zero-order chi connectivity index (χ0) is 12.3. The van der Waals surface area contributed by atoms with Crippen molar-refractivity contribution in [1.82, 2.24) is 4.90 Å². The molecule has 1 aliphatic heterocycles. The van der Waals surface area contributed by atoms with Gasteiger partial charge in [0.1, 0.15) is 6.17 Å². The second-order valence-corrected chi connectivity index (χ2v) is 6.50. The van der Waals surface area contributed by atoms with Crippen molar-refractivity contribution in [3.8, 4) is 0 Å². The third-order valence-electron chi connectivity index (χ3n) is 4.87. The van der Waals surface area contributed by atoms with E-state index in [0.29, 0.717) is 0 Å². The average Bonchev–Trinajstić information content (AvgIpc) is 2.33. The van der Waals surface area contributed by atoms with Gasteiger partial charge in [-0.2, -0.15) is 0 Å². The quantitative estimate of drug-likeness (QED) is 0.724. The van der Waals surface area contributed by atoms with Gasteiger partial charge in [0.25, 0.3) is 0 Å². The zero-order valence-electron chi connectivity index (χ0n) is 11.5. The van der Waals surface area contributed by atoms with Crippen LogP contribution in [0, 0.1) is 17.8 Å². The van der Waals surface area contributed by atoms with Crippen molar-refractivity contribution < 1.29 is 4.39 Å². The highest BCUT2D eigenvalue weighted by atomic mass is 19.1. The van der Waals surface area contributed by atoms with Crippen LogP contribution in [0.1, 0.15) is 52.4 Å². The Labute approximate surface area is 106 Å². The summed E-state index contributed by atoms with van der Waals surface area (Å²) in [4.78, 5) is 2.50. The van der Waals surface area contributed by atoms with Crippen LogP contribution in [0.15, 0.2) is 0 Å². The third-order valence-corrected chi connectivity index (χ3v) is 4.87. The van der Waals surface area contributed by atoms with Gasteiger partial charge in [0.2, 0.25) is 0 Å². The molecule has 17 heavy (non-hydrogen) atoms. The fourth-order valence-electron chi connectivity index (χ4n) is 3.49. The summed E-state index contributed by atoms with van der Waals surface area (Å²) < 4.78 is 13.0. The Morgan fingerprint density at radius 1 is 1.00 bits per heavy atom. The van der Waals surface area contributed by atoms with Gasteiger partial charge in [-0.15, -0.1) is 0 Å². The summed E-state index contributed by atoms with van der Waals surface area (Å²) >= 11 is 0. The molecule has 100 valence electrons. The average molecular weight is 241 g/mol. The maximum Gasteiger partial charge on any atom is 0.103 e. The van der Waals surface area contributed by atoms with Crippen LogP contribution in [0.2, 0.25) is 0 Å². The number of hydrogen-bond acceptors (Lipinski definition) is 1. The Balaban J connectivity index is 1.67. The van der Waals surface area contributed by atoms with E-state index in [-0.39, 0.29) is 0 Å². The topological polar surface area (TPSA) is 3.24 Å².